The molecule has 4 rings (SSSR count). The zero-order chi connectivity index (χ0) is 30.4. The van der Waals surface area contributed by atoms with Gasteiger partial charge in [0.15, 0.2) is 14.6 Å². The average molecular weight is 638 g/mol. The van der Waals surface area contributed by atoms with Crippen molar-refractivity contribution in [1.82, 2.24) is 4.57 Å². The molecule has 0 radical (unpaired) electrons. The summed E-state index contributed by atoms with van der Waals surface area (Å²) in [7, 11) is -2.68. The van der Waals surface area contributed by atoms with Crippen LogP contribution < -0.4 is 10.1 Å². The number of esters is 2. The predicted molar refractivity (Wildman–Crippen MR) is 158 cm³/mol. The van der Waals surface area contributed by atoms with Gasteiger partial charge in [0.25, 0.3) is 5.91 Å². The summed E-state index contributed by atoms with van der Waals surface area (Å²) in [4.78, 5) is 55.4. The first-order valence-corrected chi connectivity index (χ1v) is 16.7. The minimum Gasteiger partial charge on any atom is -0.462 e. The van der Waals surface area contributed by atoms with Gasteiger partial charge in [-0.15, -0.1) is 11.3 Å². The van der Waals surface area contributed by atoms with Crippen molar-refractivity contribution in [3.05, 3.63) is 44.6 Å². The Hall–Kier alpha value is -3.40. The molecule has 1 aromatic carbocycles. The normalized spacial score (nSPS) is 13.3. The lowest BCUT2D eigenvalue weighted by atomic mass is 10.1. The number of hydrogen-bond donors (Lipinski definition) is 1. The minimum absolute atomic E-state index is 0.161. The SMILES string of the molecule is CCOC(=O)c1ccc2c(c1)sc(=NC(=O)CS(=O)(=O)CC(=O)Nc1sc3c(c1C(=O)OCC)CCC3)n2CCOC. The lowest BCUT2D eigenvalue weighted by molar-refractivity contribution is -0.115. The average Bonchev–Trinajstić information content (AvgIpc) is 3.59. The van der Waals surface area contributed by atoms with Crippen molar-refractivity contribution in [2.45, 2.75) is 39.7 Å². The standard InChI is InChI=1S/C27H31N3O9S3/c1-4-38-25(33)16-9-10-18-20(13-16)41-27(30(18)11-12-37-3)29-22(32)15-42(35,36)14-21(31)28-24-23(26(34)39-5-2)17-7-6-8-19(17)40-24/h9-10,13H,4-8,11-12,14-15H2,1-3H3,(H,28,31). The molecule has 0 atom stereocenters. The summed E-state index contributed by atoms with van der Waals surface area (Å²) in [6.07, 6.45) is 2.33. The molecule has 1 N–H and O–H groups in total. The summed E-state index contributed by atoms with van der Waals surface area (Å²) in [6, 6.07) is 4.92. The zero-order valence-corrected chi connectivity index (χ0v) is 25.8. The van der Waals surface area contributed by atoms with Gasteiger partial charge in [0, 0.05) is 18.5 Å². The number of aryl methyl sites for hydroxylation is 1. The molecule has 0 fully saturated rings. The van der Waals surface area contributed by atoms with E-state index in [9.17, 15) is 27.6 Å². The molecule has 1 aliphatic rings. The molecule has 0 saturated carbocycles. The molecule has 2 heterocycles. The molecule has 2 amide bonds. The Morgan fingerprint density at radius 1 is 1.02 bits per heavy atom. The van der Waals surface area contributed by atoms with Gasteiger partial charge in [-0.2, -0.15) is 4.99 Å². The van der Waals surface area contributed by atoms with E-state index in [0.717, 1.165) is 34.6 Å². The zero-order valence-electron chi connectivity index (χ0n) is 23.4. The number of nitrogens with one attached hydrogen (secondary N) is 1. The van der Waals surface area contributed by atoms with Crippen LogP contribution in [0.4, 0.5) is 5.00 Å². The molecule has 0 saturated heterocycles. The highest BCUT2D eigenvalue weighted by Gasteiger charge is 2.29. The third kappa shape index (κ3) is 7.32. The van der Waals surface area contributed by atoms with Crippen molar-refractivity contribution in [2.75, 3.05) is 43.8 Å². The lowest BCUT2D eigenvalue weighted by Crippen LogP contribution is -2.28. The fourth-order valence-electron chi connectivity index (χ4n) is 4.55. The highest BCUT2D eigenvalue weighted by atomic mass is 32.2. The van der Waals surface area contributed by atoms with E-state index in [1.54, 1.807) is 36.6 Å². The number of carbonyl (C=O) groups is 4. The van der Waals surface area contributed by atoms with Gasteiger partial charge in [-0.1, -0.05) is 11.3 Å². The smallest absolute Gasteiger partial charge is 0.341 e. The van der Waals surface area contributed by atoms with Gasteiger partial charge in [0.1, 0.15) is 16.5 Å². The van der Waals surface area contributed by atoms with E-state index in [4.69, 9.17) is 14.2 Å². The molecule has 12 nitrogen and oxygen atoms in total. The molecule has 226 valence electrons. The van der Waals surface area contributed by atoms with E-state index in [0.29, 0.717) is 35.4 Å². The molecule has 3 aromatic rings. The van der Waals surface area contributed by atoms with Crippen LogP contribution in [-0.4, -0.2) is 75.2 Å². The second kappa shape index (κ2) is 13.7. The molecule has 0 spiro atoms. The molecule has 1 aliphatic carbocycles. The van der Waals surface area contributed by atoms with Crippen LogP contribution in [0.25, 0.3) is 10.2 Å². The number of nitrogens with zero attached hydrogens (tertiary/aromatic N) is 2. The summed E-state index contributed by atoms with van der Waals surface area (Å²) in [5.41, 5.74) is 2.10. The monoisotopic (exact) mass is 637 g/mol. The maximum absolute atomic E-state index is 12.8. The Morgan fingerprint density at radius 2 is 1.76 bits per heavy atom. The Bertz CT molecular complexity index is 1700. The van der Waals surface area contributed by atoms with Crippen LogP contribution in [0.5, 0.6) is 0 Å². The molecule has 0 unspecified atom stereocenters. The summed E-state index contributed by atoms with van der Waals surface area (Å²) in [6.45, 7) is 4.38. The van der Waals surface area contributed by atoms with E-state index in [1.807, 2.05) is 0 Å². The Kier molecular flexibility index (Phi) is 10.3. The quantitative estimate of drug-likeness (QED) is 0.295. The van der Waals surface area contributed by atoms with Gasteiger partial charge in [-0.05, 0) is 56.9 Å². The highest BCUT2D eigenvalue weighted by molar-refractivity contribution is 7.92. The van der Waals surface area contributed by atoms with Crippen LogP contribution in [0.1, 0.15) is 51.4 Å². The van der Waals surface area contributed by atoms with Gasteiger partial charge in [-0.3, -0.25) is 9.59 Å². The van der Waals surface area contributed by atoms with Gasteiger partial charge in [0.2, 0.25) is 5.91 Å². The summed E-state index contributed by atoms with van der Waals surface area (Å²) in [5.74, 6) is -4.82. The molecule has 2 aromatic heterocycles. The second-order valence-corrected chi connectivity index (χ2v) is 13.5. The number of hydrogen-bond acceptors (Lipinski definition) is 11. The minimum atomic E-state index is -4.20. The number of amides is 2. The van der Waals surface area contributed by atoms with Crippen LogP contribution in [0, 0.1) is 0 Å². The van der Waals surface area contributed by atoms with Crippen molar-refractivity contribution in [2.24, 2.45) is 4.99 Å². The summed E-state index contributed by atoms with van der Waals surface area (Å²) >= 11 is 2.34. The number of thiazole rings is 1. The van der Waals surface area contributed by atoms with Crippen LogP contribution in [0.3, 0.4) is 0 Å². The Labute approximate surface area is 250 Å². The number of thiophene rings is 1. The second-order valence-electron chi connectivity index (χ2n) is 9.30. The fraction of sp³-hybridized carbons (Fsp3) is 0.444. The first-order chi connectivity index (χ1) is 20.1. The van der Waals surface area contributed by atoms with Gasteiger partial charge >= 0.3 is 11.9 Å². The van der Waals surface area contributed by atoms with Gasteiger partial charge in [0.05, 0.1) is 41.2 Å². The van der Waals surface area contributed by atoms with E-state index in [2.05, 4.69) is 10.3 Å². The number of aromatic nitrogens is 1. The van der Waals surface area contributed by atoms with Crippen LogP contribution in [-0.2, 0) is 53.0 Å². The Balaban J connectivity index is 1.52. The summed E-state index contributed by atoms with van der Waals surface area (Å²) in [5, 5.41) is 2.79. The van der Waals surface area contributed by atoms with Gasteiger partial charge in [-0.25, -0.2) is 18.0 Å². The number of rotatable bonds is 12. The highest BCUT2D eigenvalue weighted by Crippen LogP contribution is 2.39. The Morgan fingerprint density at radius 3 is 2.48 bits per heavy atom. The number of sulfone groups is 1. The van der Waals surface area contributed by atoms with Crippen molar-refractivity contribution in [1.29, 1.82) is 0 Å². The lowest BCUT2D eigenvalue weighted by Gasteiger charge is -2.08. The number of ether oxygens (including phenoxy) is 3. The van der Waals surface area contributed by atoms with Crippen molar-refractivity contribution in [3.63, 3.8) is 0 Å². The van der Waals surface area contributed by atoms with Crippen LogP contribution in [0.15, 0.2) is 23.2 Å². The molecular weight excluding hydrogens is 607 g/mol. The fourth-order valence-corrected chi connectivity index (χ4v) is 7.97. The first kappa shape index (κ1) is 31.5. The van der Waals surface area contributed by atoms with Crippen LogP contribution in [0.2, 0.25) is 0 Å². The summed E-state index contributed by atoms with van der Waals surface area (Å²) < 4.78 is 43.3. The third-order valence-electron chi connectivity index (χ3n) is 6.28. The maximum atomic E-state index is 12.8. The topological polar surface area (TPSA) is 159 Å². The number of benzene rings is 1. The molecule has 0 bridgehead atoms. The number of fused-ring (bicyclic) bond motifs is 2. The largest absolute Gasteiger partial charge is 0.462 e. The van der Waals surface area contributed by atoms with Crippen molar-refractivity contribution < 1.29 is 41.8 Å². The van der Waals surface area contributed by atoms with Crippen LogP contribution >= 0.6 is 22.7 Å². The predicted octanol–water partition coefficient (Wildman–Crippen LogP) is 2.73. The number of carbonyl (C=O) groups excluding carboxylic acids is 4. The number of methoxy groups -OCH3 is 1. The van der Waals surface area contributed by atoms with Gasteiger partial charge < -0.3 is 24.1 Å². The van der Waals surface area contributed by atoms with Crippen molar-refractivity contribution in [3.8, 4) is 0 Å². The molecule has 0 aliphatic heterocycles. The van der Waals surface area contributed by atoms with E-state index in [-0.39, 0.29) is 28.6 Å². The molecule has 15 heteroatoms. The molecule has 42 heavy (non-hydrogen) atoms. The van der Waals surface area contributed by atoms with Crippen molar-refractivity contribution >= 4 is 71.5 Å². The first-order valence-electron chi connectivity index (χ1n) is 13.3. The maximum Gasteiger partial charge on any atom is 0.341 e. The van der Waals surface area contributed by atoms with E-state index >= 15 is 0 Å². The molecular formula is C27H31N3O9S3. The van der Waals surface area contributed by atoms with E-state index in [1.165, 1.54) is 18.4 Å². The van der Waals surface area contributed by atoms with E-state index < -0.39 is 45.1 Å². The number of anilines is 1. The third-order valence-corrected chi connectivity index (χ3v) is 9.92.